The number of hydrogen-bond acceptors (Lipinski definition) is 6. The van der Waals surface area contributed by atoms with E-state index in [9.17, 15) is 14.4 Å². The predicted molar refractivity (Wildman–Crippen MR) is 118 cm³/mol. The largest absolute Gasteiger partial charge is 0.442 e. The number of hydrogen-bond donors (Lipinski definition) is 2. The van der Waals surface area contributed by atoms with Crippen molar-refractivity contribution >= 4 is 23.5 Å². The Kier molecular flexibility index (Phi) is 11.0. The lowest BCUT2D eigenvalue weighted by atomic mass is 9.96. The second-order valence-electron chi connectivity index (χ2n) is 6.23. The van der Waals surface area contributed by atoms with Gasteiger partial charge in [-0.15, -0.1) is 0 Å². The normalized spacial score (nSPS) is 14.9. The number of allylic oxidation sites excluding steroid dienone is 1. The Morgan fingerprint density at radius 1 is 1.27 bits per heavy atom. The molecule has 1 aliphatic heterocycles. The second kappa shape index (κ2) is 12.4. The summed E-state index contributed by atoms with van der Waals surface area (Å²) in [5.41, 5.74) is 5.11. The highest BCUT2D eigenvalue weighted by atomic mass is 16.6. The number of ether oxygens (including phenoxy) is 1. The molecule has 1 aromatic carbocycles. The minimum Gasteiger partial charge on any atom is -0.442 e. The van der Waals surface area contributed by atoms with Crippen molar-refractivity contribution in [3.05, 3.63) is 41.1 Å². The van der Waals surface area contributed by atoms with Gasteiger partial charge in [0.1, 0.15) is 6.10 Å². The van der Waals surface area contributed by atoms with Crippen molar-refractivity contribution < 1.29 is 19.1 Å². The van der Waals surface area contributed by atoms with Gasteiger partial charge in [0.05, 0.1) is 25.8 Å². The average Bonchev–Trinajstić information content (AvgIpc) is 3.06. The molecule has 2 N–H and O–H groups in total. The third-order valence-corrected chi connectivity index (χ3v) is 4.07. The van der Waals surface area contributed by atoms with Crippen molar-refractivity contribution in [2.75, 3.05) is 25.0 Å². The summed E-state index contributed by atoms with van der Waals surface area (Å²) in [6, 6.07) is 3.49. The highest BCUT2D eigenvalue weighted by Gasteiger charge is 2.33. The Labute approximate surface area is 178 Å². The average molecular weight is 420 g/mol. The van der Waals surface area contributed by atoms with E-state index < -0.39 is 12.2 Å². The summed E-state index contributed by atoms with van der Waals surface area (Å²) in [6.45, 7) is 13.2. The number of rotatable bonds is 7. The molecule has 1 unspecified atom stereocenters. The molecule has 1 aliphatic rings. The lowest BCUT2D eigenvalue weighted by molar-refractivity contribution is -0.119. The fraction of sp³-hybridized carbons (Fsp3) is 0.476. The minimum absolute atomic E-state index is 0. The van der Waals surface area contributed by atoms with Crippen LogP contribution in [0.1, 0.15) is 49.7 Å². The molecule has 30 heavy (non-hydrogen) atoms. The van der Waals surface area contributed by atoms with Crippen molar-refractivity contribution in [2.24, 2.45) is 10.3 Å². The molecular formula is C21H33N5O4. The van der Waals surface area contributed by atoms with Crippen molar-refractivity contribution in [1.82, 2.24) is 10.7 Å². The van der Waals surface area contributed by atoms with Gasteiger partial charge < -0.3 is 10.1 Å². The Morgan fingerprint density at radius 2 is 1.83 bits per heavy atom. The SMILES string of the molecule is C.C=C(NN=NC)C(=O)c1c(C)cc(N2CC(CNC(C)=O)OC2=O)cc1C.CC. The summed E-state index contributed by atoms with van der Waals surface area (Å²) in [5, 5.41) is 9.72. The first-order chi connectivity index (χ1) is 13.7. The van der Waals surface area contributed by atoms with Crippen LogP contribution in [-0.2, 0) is 9.53 Å². The Bertz CT molecular complexity index is 797. The number of carbonyl (C=O) groups is 3. The molecule has 0 radical (unpaired) electrons. The van der Waals surface area contributed by atoms with Crippen LogP contribution < -0.4 is 15.6 Å². The Hall–Kier alpha value is -3.23. The van der Waals surface area contributed by atoms with Gasteiger partial charge in [-0.1, -0.05) is 33.1 Å². The summed E-state index contributed by atoms with van der Waals surface area (Å²) in [6.07, 6.45) is -0.913. The van der Waals surface area contributed by atoms with E-state index in [-0.39, 0.29) is 31.4 Å². The Morgan fingerprint density at radius 3 is 2.33 bits per heavy atom. The van der Waals surface area contributed by atoms with Crippen LogP contribution in [0.25, 0.3) is 0 Å². The van der Waals surface area contributed by atoms with Gasteiger partial charge in [0.25, 0.3) is 0 Å². The van der Waals surface area contributed by atoms with Gasteiger partial charge in [0.2, 0.25) is 11.7 Å². The van der Waals surface area contributed by atoms with Gasteiger partial charge in [-0.3, -0.25) is 19.9 Å². The van der Waals surface area contributed by atoms with Crippen LogP contribution in [0.2, 0.25) is 0 Å². The number of anilines is 1. The second-order valence-corrected chi connectivity index (χ2v) is 6.23. The molecule has 0 saturated carbocycles. The van der Waals surface area contributed by atoms with E-state index in [1.807, 2.05) is 13.8 Å². The molecule has 1 heterocycles. The summed E-state index contributed by atoms with van der Waals surface area (Å²) >= 11 is 0. The van der Waals surface area contributed by atoms with Gasteiger partial charge in [0, 0.05) is 18.2 Å². The molecule has 1 fully saturated rings. The molecule has 0 aromatic heterocycles. The maximum atomic E-state index is 12.6. The van der Waals surface area contributed by atoms with Crippen LogP contribution >= 0.6 is 0 Å². The monoisotopic (exact) mass is 419 g/mol. The first-order valence-electron chi connectivity index (χ1n) is 9.36. The van der Waals surface area contributed by atoms with Crippen molar-refractivity contribution in [3.8, 4) is 0 Å². The van der Waals surface area contributed by atoms with E-state index in [4.69, 9.17) is 4.74 Å². The van der Waals surface area contributed by atoms with Crippen LogP contribution in [-0.4, -0.2) is 44.0 Å². The van der Waals surface area contributed by atoms with Gasteiger partial charge in [-0.05, 0) is 37.1 Å². The summed E-state index contributed by atoms with van der Waals surface area (Å²) in [5.74, 6) is -0.480. The fourth-order valence-corrected chi connectivity index (χ4v) is 2.86. The molecule has 9 heteroatoms. The van der Waals surface area contributed by atoms with Crippen LogP contribution in [0.15, 0.2) is 34.7 Å². The predicted octanol–water partition coefficient (Wildman–Crippen LogP) is 3.71. The maximum absolute atomic E-state index is 12.6. The number of carbonyl (C=O) groups excluding carboxylic acids is 3. The molecule has 166 valence electrons. The smallest absolute Gasteiger partial charge is 0.414 e. The van der Waals surface area contributed by atoms with E-state index >= 15 is 0 Å². The van der Waals surface area contributed by atoms with Gasteiger partial charge in [0.15, 0.2) is 0 Å². The number of amides is 2. The van der Waals surface area contributed by atoms with Crippen molar-refractivity contribution in [1.29, 1.82) is 0 Å². The summed E-state index contributed by atoms with van der Waals surface area (Å²) in [7, 11) is 1.48. The van der Waals surface area contributed by atoms with Gasteiger partial charge in [-0.25, -0.2) is 4.79 Å². The van der Waals surface area contributed by atoms with E-state index in [1.54, 1.807) is 26.0 Å². The van der Waals surface area contributed by atoms with E-state index in [0.29, 0.717) is 28.9 Å². The molecule has 0 aliphatic carbocycles. The van der Waals surface area contributed by atoms with Crippen LogP contribution in [0.4, 0.5) is 10.5 Å². The fourth-order valence-electron chi connectivity index (χ4n) is 2.86. The Balaban J connectivity index is 0.00000272. The van der Waals surface area contributed by atoms with Crippen LogP contribution in [0.3, 0.4) is 0 Å². The van der Waals surface area contributed by atoms with Crippen molar-refractivity contribution in [2.45, 2.75) is 48.1 Å². The summed E-state index contributed by atoms with van der Waals surface area (Å²) in [4.78, 5) is 37.3. The first-order valence-corrected chi connectivity index (χ1v) is 9.36. The lowest BCUT2D eigenvalue weighted by Gasteiger charge is -2.17. The highest BCUT2D eigenvalue weighted by molar-refractivity contribution is 6.10. The zero-order valence-electron chi connectivity index (χ0n) is 17.8. The maximum Gasteiger partial charge on any atom is 0.414 e. The number of cyclic esters (lactones) is 1. The van der Waals surface area contributed by atoms with Crippen LogP contribution in [0, 0.1) is 13.8 Å². The lowest BCUT2D eigenvalue weighted by Crippen LogP contribution is -2.33. The standard InChI is InChI=1S/C18H23N5O4.C2H6.CH4/c1-10-6-14(23-9-15(27-18(23)26)8-20-13(4)24)7-11(2)16(10)17(25)12(3)21-22-19-5;1-2;/h6-7,15H,3,8-9H2,1-2,4-5H3,(H,19,21)(H,20,24);1-2H3;1H4. The highest BCUT2D eigenvalue weighted by Crippen LogP contribution is 2.28. The van der Waals surface area contributed by atoms with E-state index in [2.05, 4.69) is 27.7 Å². The summed E-state index contributed by atoms with van der Waals surface area (Å²) < 4.78 is 5.28. The third-order valence-electron chi connectivity index (χ3n) is 4.07. The number of benzene rings is 1. The first kappa shape index (κ1) is 26.8. The zero-order chi connectivity index (χ0) is 22.1. The number of nitrogens with one attached hydrogen (secondary N) is 2. The van der Waals surface area contributed by atoms with E-state index in [0.717, 1.165) is 0 Å². The molecular weight excluding hydrogens is 386 g/mol. The molecule has 0 spiro atoms. The molecule has 2 amide bonds. The van der Waals surface area contributed by atoms with Crippen molar-refractivity contribution in [3.63, 3.8) is 0 Å². The van der Waals surface area contributed by atoms with Gasteiger partial charge >= 0.3 is 6.09 Å². The molecule has 9 nitrogen and oxygen atoms in total. The molecule has 0 bridgehead atoms. The quantitative estimate of drug-likeness (QED) is 0.303. The molecule has 1 saturated heterocycles. The third kappa shape index (κ3) is 6.68. The minimum atomic E-state index is -0.488. The molecule has 1 aromatic rings. The topological polar surface area (TPSA) is 112 Å². The van der Waals surface area contributed by atoms with Crippen LogP contribution in [0.5, 0.6) is 0 Å². The number of nitrogens with zero attached hydrogens (tertiary/aromatic N) is 3. The number of aryl methyl sites for hydroxylation is 2. The molecule has 2 rings (SSSR count). The van der Waals surface area contributed by atoms with E-state index in [1.165, 1.54) is 18.9 Å². The number of ketones is 1. The van der Waals surface area contributed by atoms with Gasteiger partial charge in [-0.2, -0.15) is 5.11 Å². The number of Topliss-reactive ketones (excluding diaryl/α,β-unsaturated/α-hetero) is 1. The molecule has 1 atom stereocenters. The zero-order valence-corrected chi connectivity index (χ0v) is 17.8.